The first kappa shape index (κ1) is 7.68. The van der Waals surface area contributed by atoms with Crippen LogP contribution in [-0.2, 0) is 0 Å². The van der Waals surface area contributed by atoms with Crippen LogP contribution in [0.4, 0.5) is 11.4 Å². The molecule has 0 atom stereocenters. The Kier molecular flexibility index (Phi) is 1.87. The van der Waals surface area contributed by atoms with Gasteiger partial charge in [0.2, 0.25) is 0 Å². The highest BCUT2D eigenvalue weighted by atomic mass is 16.6. The number of rotatable bonds is 1. The number of nitro benzene ring substituents is 1. The molecule has 0 radical (unpaired) electrons. The van der Waals surface area contributed by atoms with Crippen LogP contribution in [0.15, 0.2) is 18.2 Å². The molecule has 1 aromatic rings. The van der Waals surface area contributed by atoms with Crippen LogP contribution in [0.3, 0.4) is 0 Å². The maximum absolute atomic E-state index is 10.4. The zero-order valence-corrected chi connectivity index (χ0v) is 6.20. The molecule has 0 saturated heterocycles. The van der Waals surface area contributed by atoms with Gasteiger partial charge in [-0.2, -0.15) is 0 Å². The van der Waals surface area contributed by atoms with Crippen LogP contribution in [0.1, 0.15) is 5.56 Å². The number of hydrogen-bond acceptors (Lipinski definition) is 2. The third-order valence-corrected chi connectivity index (χ3v) is 1.61. The van der Waals surface area contributed by atoms with E-state index in [0.717, 1.165) is 0 Å². The Labute approximate surface area is 63.8 Å². The Morgan fingerprint density at radius 2 is 2.18 bits per heavy atom. The van der Waals surface area contributed by atoms with Crippen molar-refractivity contribution in [2.45, 2.75) is 6.92 Å². The molecule has 0 spiro atoms. The van der Waals surface area contributed by atoms with Gasteiger partial charge >= 0.3 is 0 Å². The van der Waals surface area contributed by atoms with Crippen molar-refractivity contribution in [3.05, 3.63) is 33.9 Å². The lowest BCUT2D eigenvalue weighted by molar-refractivity contribution is -0.386. The molecule has 1 rings (SSSR count). The molecule has 1 aromatic carbocycles. The largest absolute Gasteiger partial charge is 0.325 e. The molecule has 4 nitrogen and oxygen atoms in total. The van der Waals surface area contributed by atoms with E-state index in [4.69, 9.17) is 0 Å². The second-order valence-corrected chi connectivity index (χ2v) is 2.32. The predicted molar refractivity (Wildman–Crippen MR) is 40.4 cm³/mol. The van der Waals surface area contributed by atoms with Gasteiger partial charge in [0, 0.05) is 6.07 Å². The number of benzene rings is 1. The van der Waals surface area contributed by atoms with E-state index in [1.165, 1.54) is 6.07 Å². The first-order valence-electron chi connectivity index (χ1n) is 3.19. The monoisotopic (exact) mass is 153 g/mol. The van der Waals surface area contributed by atoms with E-state index in [0.29, 0.717) is 11.3 Å². The number of hydrogen-bond donors (Lipinski definition) is 1. The summed E-state index contributed by atoms with van der Waals surface area (Å²) in [5.74, 6) is 0. The zero-order valence-electron chi connectivity index (χ0n) is 6.20. The van der Waals surface area contributed by atoms with Gasteiger partial charge in [-0.1, -0.05) is 0 Å². The smallest absolute Gasteiger partial charge is 0.278 e. The third kappa shape index (κ3) is 1.35. The fourth-order valence-corrected chi connectivity index (χ4v) is 0.868. The molecular weight excluding hydrogens is 144 g/mol. The van der Waals surface area contributed by atoms with E-state index in [1.54, 1.807) is 19.1 Å². The van der Waals surface area contributed by atoms with Crippen molar-refractivity contribution in [1.82, 2.24) is 0 Å². The summed E-state index contributed by atoms with van der Waals surface area (Å²) in [7, 11) is 0. The van der Waals surface area contributed by atoms with Gasteiger partial charge in [0.15, 0.2) is 0 Å². The van der Waals surface area contributed by atoms with Gasteiger partial charge < -0.3 is 5.73 Å². The number of nitro groups is 1. The van der Waals surface area contributed by atoms with Gasteiger partial charge in [-0.05, 0) is 19.1 Å². The first-order valence-corrected chi connectivity index (χ1v) is 3.19. The summed E-state index contributed by atoms with van der Waals surface area (Å²) >= 11 is 0. The SMILES string of the molecule is Cc1c([NH3+])cccc1[N+](=O)[O-]. The fourth-order valence-electron chi connectivity index (χ4n) is 0.868. The van der Waals surface area contributed by atoms with Crippen LogP contribution >= 0.6 is 0 Å². The Morgan fingerprint density at radius 1 is 1.55 bits per heavy atom. The van der Waals surface area contributed by atoms with Crippen LogP contribution in [0, 0.1) is 17.0 Å². The Bertz CT molecular complexity index is 296. The van der Waals surface area contributed by atoms with E-state index < -0.39 is 4.92 Å². The van der Waals surface area contributed by atoms with Gasteiger partial charge in [-0.25, -0.2) is 0 Å². The van der Waals surface area contributed by atoms with E-state index >= 15 is 0 Å². The molecule has 0 aliphatic heterocycles. The molecule has 0 bridgehead atoms. The second kappa shape index (κ2) is 2.67. The third-order valence-electron chi connectivity index (χ3n) is 1.61. The molecule has 0 heterocycles. The van der Waals surface area contributed by atoms with E-state index in [2.05, 4.69) is 5.73 Å². The lowest BCUT2D eigenvalue weighted by Crippen LogP contribution is -2.41. The molecule has 58 valence electrons. The van der Waals surface area contributed by atoms with Crippen molar-refractivity contribution in [1.29, 1.82) is 0 Å². The molecule has 0 aliphatic carbocycles. The Hall–Kier alpha value is -1.42. The zero-order chi connectivity index (χ0) is 8.43. The summed E-state index contributed by atoms with van der Waals surface area (Å²) in [6, 6.07) is 4.86. The maximum atomic E-state index is 10.4. The topological polar surface area (TPSA) is 70.8 Å². The standard InChI is InChI=1S/C7H8N2O2/c1-5-6(8)3-2-4-7(5)9(10)11/h2-4H,8H2,1H3/p+1. The first-order chi connectivity index (χ1) is 5.13. The molecule has 0 aromatic heterocycles. The van der Waals surface area contributed by atoms with Crippen molar-refractivity contribution in [2.75, 3.05) is 0 Å². The number of quaternary nitrogens is 1. The molecule has 0 fully saturated rings. The summed E-state index contributed by atoms with van der Waals surface area (Å²) in [5, 5.41) is 10.4. The van der Waals surface area contributed by atoms with E-state index in [1.807, 2.05) is 0 Å². The van der Waals surface area contributed by atoms with Gasteiger partial charge in [-0.15, -0.1) is 0 Å². The average Bonchev–Trinajstić information content (AvgIpc) is 1.94. The minimum Gasteiger partial charge on any atom is -0.325 e. The highest BCUT2D eigenvalue weighted by Gasteiger charge is 2.12. The second-order valence-electron chi connectivity index (χ2n) is 2.32. The highest BCUT2D eigenvalue weighted by Crippen LogP contribution is 2.20. The predicted octanol–water partition coefficient (Wildman–Crippen LogP) is 0.777. The van der Waals surface area contributed by atoms with Crippen molar-refractivity contribution in [2.24, 2.45) is 0 Å². The lowest BCUT2D eigenvalue weighted by atomic mass is 10.2. The molecule has 0 amide bonds. The van der Waals surface area contributed by atoms with Crippen molar-refractivity contribution < 1.29 is 10.7 Å². The Balaban J connectivity index is 3.27. The Morgan fingerprint density at radius 3 is 2.64 bits per heavy atom. The maximum Gasteiger partial charge on any atom is 0.278 e. The summed E-state index contributed by atoms with van der Waals surface area (Å²) in [5.41, 5.74) is 5.14. The highest BCUT2D eigenvalue weighted by molar-refractivity contribution is 5.51. The van der Waals surface area contributed by atoms with Crippen molar-refractivity contribution >= 4 is 11.4 Å². The lowest BCUT2D eigenvalue weighted by Gasteiger charge is -1.95. The van der Waals surface area contributed by atoms with Gasteiger partial charge in [0.25, 0.3) is 5.69 Å². The van der Waals surface area contributed by atoms with Crippen LogP contribution < -0.4 is 5.73 Å². The summed E-state index contributed by atoms with van der Waals surface area (Å²) in [4.78, 5) is 9.95. The molecule has 3 N–H and O–H groups in total. The van der Waals surface area contributed by atoms with E-state index in [-0.39, 0.29) is 5.69 Å². The molecule has 11 heavy (non-hydrogen) atoms. The van der Waals surface area contributed by atoms with Crippen LogP contribution in [0.5, 0.6) is 0 Å². The van der Waals surface area contributed by atoms with Crippen molar-refractivity contribution in [3.8, 4) is 0 Å². The van der Waals surface area contributed by atoms with Gasteiger partial charge in [0.1, 0.15) is 5.69 Å². The van der Waals surface area contributed by atoms with Crippen LogP contribution in [-0.4, -0.2) is 4.92 Å². The molecule has 4 heteroatoms. The van der Waals surface area contributed by atoms with E-state index in [9.17, 15) is 10.1 Å². The number of nitrogens with zero attached hydrogens (tertiary/aromatic N) is 1. The minimum atomic E-state index is -0.399. The fraction of sp³-hybridized carbons (Fsp3) is 0.143. The van der Waals surface area contributed by atoms with Crippen LogP contribution in [0.25, 0.3) is 0 Å². The molecule has 0 unspecified atom stereocenters. The summed E-state index contributed by atoms with van der Waals surface area (Å²) in [6.45, 7) is 1.69. The van der Waals surface area contributed by atoms with Crippen LogP contribution in [0.2, 0.25) is 0 Å². The summed E-state index contributed by atoms with van der Waals surface area (Å²) < 4.78 is 0. The average molecular weight is 153 g/mol. The summed E-state index contributed by atoms with van der Waals surface area (Å²) in [6.07, 6.45) is 0. The minimum absolute atomic E-state index is 0.137. The van der Waals surface area contributed by atoms with Crippen molar-refractivity contribution in [3.63, 3.8) is 0 Å². The quantitative estimate of drug-likeness (QED) is 0.478. The van der Waals surface area contributed by atoms with Gasteiger partial charge in [0.05, 0.1) is 10.5 Å². The normalized spacial score (nSPS) is 9.64. The molecule has 0 aliphatic rings. The van der Waals surface area contributed by atoms with Gasteiger partial charge in [-0.3, -0.25) is 10.1 Å². The molecular formula is C7H9N2O2+. The molecule has 0 saturated carbocycles.